The van der Waals surface area contributed by atoms with Crippen LogP contribution in [0.2, 0.25) is 0 Å². The normalized spacial score (nSPS) is 52.1. The fraction of sp³-hybridized carbons (Fsp3) is 0.750. The molecule has 1 saturated heterocycles. The number of rotatable bonds is 2. The minimum Gasteiger partial charge on any atom is -0.390 e. The lowest BCUT2D eigenvalue weighted by atomic mass is 9.44. The molecule has 7 heteroatoms. The van der Waals surface area contributed by atoms with Crippen molar-refractivity contribution in [2.24, 2.45) is 22.7 Å². The van der Waals surface area contributed by atoms with Gasteiger partial charge in [0.1, 0.15) is 6.61 Å². The first-order valence-electron chi connectivity index (χ1n) is 11.2. The van der Waals surface area contributed by atoms with Crippen molar-refractivity contribution in [1.29, 1.82) is 0 Å². The Hall–Kier alpha value is -1.41. The molecule has 8 atom stereocenters. The van der Waals surface area contributed by atoms with E-state index in [-0.39, 0.29) is 18.1 Å². The van der Waals surface area contributed by atoms with Gasteiger partial charge in [-0.15, -0.1) is 0 Å². The lowest BCUT2D eigenvalue weighted by Gasteiger charge is -2.62. The standard InChI is InChI=1S/C24H31FO6/c1-20(2)30-19-10-16-15-6-5-13-9-14(27)7-8-21(13,3)23(15,25)17(28)11-22(16,4)24(19,31-20)18(29)12-26/h7-9,15-17,19,26,28H,5-6,10-12H2,1-4H3/t15-,16?,17-,19+,21-,22-,23-,24+/m0/s1. The van der Waals surface area contributed by atoms with Crippen molar-refractivity contribution in [3.63, 3.8) is 0 Å². The van der Waals surface area contributed by atoms with Gasteiger partial charge in [-0.25, -0.2) is 4.39 Å². The second-order valence-electron chi connectivity index (χ2n) is 10.9. The first-order chi connectivity index (χ1) is 14.4. The fourth-order valence-electron chi connectivity index (χ4n) is 7.93. The van der Waals surface area contributed by atoms with Gasteiger partial charge in [0.05, 0.1) is 12.2 Å². The summed E-state index contributed by atoms with van der Waals surface area (Å²) in [5, 5.41) is 21.2. The monoisotopic (exact) mass is 434 g/mol. The Morgan fingerprint density at radius 3 is 2.65 bits per heavy atom. The maximum atomic E-state index is 17.1. The van der Waals surface area contributed by atoms with Crippen LogP contribution < -0.4 is 0 Å². The molecule has 0 radical (unpaired) electrons. The highest BCUT2D eigenvalue weighted by molar-refractivity contribution is 6.01. The third-order valence-electron chi connectivity index (χ3n) is 9.19. The number of halogens is 1. The Bertz CT molecular complexity index is 925. The van der Waals surface area contributed by atoms with E-state index in [0.29, 0.717) is 19.3 Å². The molecule has 0 amide bonds. The van der Waals surface area contributed by atoms with Gasteiger partial charge < -0.3 is 19.7 Å². The molecular weight excluding hydrogens is 403 g/mol. The van der Waals surface area contributed by atoms with Gasteiger partial charge in [-0.2, -0.15) is 0 Å². The van der Waals surface area contributed by atoms with E-state index in [1.54, 1.807) is 26.8 Å². The molecule has 0 aromatic carbocycles. The second-order valence-corrected chi connectivity index (χ2v) is 10.9. The van der Waals surface area contributed by atoms with E-state index in [9.17, 15) is 19.8 Å². The summed E-state index contributed by atoms with van der Waals surface area (Å²) in [5.41, 5.74) is -4.66. The molecule has 0 spiro atoms. The maximum Gasteiger partial charge on any atom is 0.193 e. The Morgan fingerprint density at radius 2 is 1.97 bits per heavy atom. The second kappa shape index (κ2) is 6.13. The summed E-state index contributed by atoms with van der Waals surface area (Å²) in [4.78, 5) is 25.1. The van der Waals surface area contributed by atoms with E-state index in [4.69, 9.17) is 9.47 Å². The fourth-order valence-corrected chi connectivity index (χ4v) is 7.93. The van der Waals surface area contributed by atoms with Crippen molar-refractivity contribution >= 4 is 11.6 Å². The highest BCUT2D eigenvalue weighted by Gasteiger charge is 2.79. The summed E-state index contributed by atoms with van der Waals surface area (Å²) in [6, 6.07) is 0. The summed E-state index contributed by atoms with van der Waals surface area (Å²) in [6.07, 6.45) is 4.00. The number of fused-ring (bicyclic) bond motifs is 7. The molecule has 5 rings (SSSR count). The van der Waals surface area contributed by atoms with Crippen LogP contribution in [0.5, 0.6) is 0 Å². The molecular formula is C24H31FO6. The molecule has 31 heavy (non-hydrogen) atoms. The van der Waals surface area contributed by atoms with Crippen LogP contribution in [0.25, 0.3) is 0 Å². The van der Waals surface area contributed by atoms with Crippen LogP contribution in [-0.2, 0) is 19.1 Å². The zero-order chi connectivity index (χ0) is 22.6. The van der Waals surface area contributed by atoms with E-state index in [0.717, 1.165) is 5.57 Å². The van der Waals surface area contributed by atoms with Gasteiger partial charge in [0, 0.05) is 16.7 Å². The molecule has 1 aliphatic heterocycles. The predicted molar refractivity (Wildman–Crippen MR) is 109 cm³/mol. The van der Waals surface area contributed by atoms with Crippen molar-refractivity contribution in [3.05, 3.63) is 23.8 Å². The molecule has 1 heterocycles. The number of alkyl halides is 1. The summed E-state index contributed by atoms with van der Waals surface area (Å²) >= 11 is 0. The number of ketones is 2. The molecule has 6 nitrogen and oxygen atoms in total. The van der Waals surface area contributed by atoms with Gasteiger partial charge in [-0.1, -0.05) is 18.6 Å². The number of hydrogen-bond acceptors (Lipinski definition) is 6. The zero-order valence-electron chi connectivity index (χ0n) is 18.5. The molecule has 1 unspecified atom stereocenters. The summed E-state index contributed by atoms with van der Waals surface area (Å²) in [7, 11) is 0. The Balaban J connectivity index is 1.64. The van der Waals surface area contributed by atoms with Crippen molar-refractivity contribution in [1.82, 2.24) is 0 Å². The first kappa shape index (κ1) is 21.4. The molecule has 0 bridgehead atoms. The third kappa shape index (κ3) is 2.31. The largest absolute Gasteiger partial charge is 0.390 e. The van der Waals surface area contributed by atoms with Gasteiger partial charge in [0.15, 0.2) is 28.6 Å². The number of aliphatic hydroxyl groups is 2. The van der Waals surface area contributed by atoms with E-state index in [1.807, 2.05) is 6.92 Å². The minimum absolute atomic E-state index is 0.0109. The Kier molecular flexibility index (Phi) is 4.24. The topological polar surface area (TPSA) is 93.1 Å². The minimum atomic E-state index is -1.98. The molecule has 0 aromatic heterocycles. The van der Waals surface area contributed by atoms with Gasteiger partial charge in [0.25, 0.3) is 0 Å². The number of ether oxygens (including phenoxy) is 2. The van der Waals surface area contributed by atoms with E-state index >= 15 is 4.39 Å². The van der Waals surface area contributed by atoms with Crippen LogP contribution in [0.3, 0.4) is 0 Å². The predicted octanol–water partition coefficient (Wildman–Crippen LogP) is 2.42. The first-order valence-corrected chi connectivity index (χ1v) is 11.2. The van der Waals surface area contributed by atoms with Gasteiger partial charge in [-0.3, -0.25) is 9.59 Å². The summed E-state index contributed by atoms with van der Waals surface area (Å²) in [6.45, 7) is 6.41. The molecule has 4 aliphatic carbocycles. The number of hydrogen-bond donors (Lipinski definition) is 2. The number of Topliss-reactive ketones (excluding diaryl/α,β-unsaturated/α-hetero) is 1. The summed E-state index contributed by atoms with van der Waals surface area (Å²) < 4.78 is 29.5. The Morgan fingerprint density at radius 1 is 1.26 bits per heavy atom. The van der Waals surface area contributed by atoms with E-state index < -0.39 is 58.4 Å². The highest BCUT2D eigenvalue weighted by Crippen LogP contribution is 2.72. The van der Waals surface area contributed by atoms with Crippen molar-refractivity contribution < 1.29 is 33.7 Å². The maximum absolute atomic E-state index is 17.1. The number of allylic oxidation sites excluding steroid dienone is 4. The van der Waals surface area contributed by atoms with Crippen LogP contribution in [0.4, 0.5) is 4.39 Å². The van der Waals surface area contributed by atoms with Gasteiger partial charge in [-0.05, 0) is 64.5 Å². The van der Waals surface area contributed by atoms with Crippen molar-refractivity contribution in [3.8, 4) is 0 Å². The van der Waals surface area contributed by atoms with Crippen LogP contribution in [0.1, 0.15) is 53.4 Å². The highest BCUT2D eigenvalue weighted by atomic mass is 19.1. The molecule has 170 valence electrons. The molecule has 2 N–H and O–H groups in total. The van der Waals surface area contributed by atoms with E-state index in [2.05, 4.69) is 0 Å². The molecule has 4 fully saturated rings. The molecule has 0 aromatic rings. The quantitative estimate of drug-likeness (QED) is 0.694. The van der Waals surface area contributed by atoms with Crippen LogP contribution >= 0.6 is 0 Å². The smallest absolute Gasteiger partial charge is 0.193 e. The molecule has 5 aliphatic rings. The zero-order valence-corrected chi connectivity index (χ0v) is 18.5. The lowest BCUT2D eigenvalue weighted by Crippen LogP contribution is -2.70. The number of carbonyl (C=O) groups excluding carboxylic acids is 2. The molecule has 3 saturated carbocycles. The van der Waals surface area contributed by atoms with Gasteiger partial charge >= 0.3 is 0 Å². The third-order valence-corrected chi connectivity index (χ3v) is 9.19. The summed E-state index contributed by atoms with van der Waals surface area (Å²) in [5.74, 6) is -2.46. The van der Waals surface area contributed by atoms with E-state index in [1.165, 1.54) is 12.2 Å². The SMILES string of the molecule is CC1(C)O[C@@H]2CC3[C@@H]4CCC5=CC(=O)C=C[C@]5(C)[C@@]4(F)[C@@H](O)C[C@]3(C)[C@]2(C(=O)CO)O1. The average molecular weight is 435 g/mol. The van der Waals surface area contributed by atoms with Crippen molar-refractivity contribution in [2.45, 2.75) is 82.6 Å². The van der Waals surface area contributed by atoms with Gasteiger partial charge in [0.2, 0.25) is 0 Å². The lowest BCUT2D eigenvalue weighted by molar-refractivity contribution is -0.246. The van der Waals surface area contributed by atoms with Crippen LogP contribution in [0.15, 0.2) is 23.8 Å². The number of carbonyl (C=O) groups is 2. The van der Waals surface area contributed by atoms with Crippen LogP contribution in [0, 0.1) is 22.7 Å². The average Bonchev–Trinajstić information content (AvgIpc) is 3.09. The Labute approximate surface area is 181 Å². The van der Waals surface area contributed by atoms with Crippen molar-refractivity contribution in [2.75, 3.05) is 6.61 Å². The number of aliphatic hydroxyl groups excluding tert-OH is 2. The van der Waals surface area contributed by atoms with Crippen LogP contribution in [-0.4, -0.2) is 57.7 Å².